The third-order valence-electron chi connectivity index (χ3n) is 3.20. The standard InChI is InChI=1S/C16H24N2O3S/c1-15(21-22(2,19)20)10-13-18(12-7-6-11-17)14-16-8-4-3-5-9-16/h3-5,8-9,15H,6-7,10,12-14H2,1-2H3/t15-/m0/s1. The van der Waals surface area contributed by atoms with Gasteiger partial charge in [-0.25, -0.2) is 0 Å². The maximum atomic E-state index is 11.1. The van der Waals surface area contributed by atoms with E-state index in [-0.39, 0.29) is 6.10 Å². The zero-order valence-corrected chi connectivity index (χ0v) is 14.1. The van der Waals surface area contributed by atoms with Crippen LogP contribution in [0.4, 0.5) is 0 Å². The highest BCUT2D eigenvalue weighted by Gasteiger charge is 2.13. The lowest BCUT2D eigenvalue weighted by Crippen LogP contribution is -2.28. The summed E-state index contributed by atoms with van der Waals surface area (Å²) >= 11 is 0. The van der Waals surface area contributed by atoms with Crippen LogP contribution in [0.5, 0.6) is 0 Å². The van der Waals surface area contributed by atoms with E-state index in [9.17, 15) is 8.42 Å². The number of rotatable bonds is 10. The lowest BCUT2D eigenvalue weighted by atomic mass is 10.2. The molecule has 0 aromatic heterocycles. The first-order chi connectivity index (χ1) is 10.4. The molecule has 0 spiro atoms. The van der Waals surface area contributed by atoms with Gasteiger partial charge in [-0.15, -0.1) is 0 Å². The van der Waals surface area contributed by atoms with Crippen molar-refractivity contribution in [3.63, 3.8) is 0 Å². The smallest absolute Gasteiger partial charge is 0.264 e. The van der Waals surface area contributed by atoms with Crippen molar-refractivity contribution in [3.8, 4) is 6.07 Å². The average Bonchev–Trinajstić information content (AvgIpc) is 2.44. The van der Waals surface area contributed by atoms with E-state index in [4.69, 9.17) is 9.44 Å². The van der Waals surface area contributed by atoms with Crippen molar-refractivity contribution in [1.29, 1.82) is 5.26 Å². The van der Waals surface area contributed by atoms with Crippen LogP contribution in [0, 0.1) is 11.3 Å². The van der Waals surface area contributed by atoms with Crippen molar-refractivity contribution in [3.05, 3.63) is 35.9 Å². The molecule has 1 aromatic carbocycles. The molecule has 0 heterocycles. The molecule has 0 bridgehead atoms. The fourth-order valence-electron chi connectivity index (χ4n) is 2.20. The molecular weight excluding hydrogens is 300 g/mol. The van der Waals surface area contributed by atoms with Crippen LogP contribution in [0.1, 0.15) is 31.7 Å². The van der Waals surface area contributed by atoms with Crippen molar-refractivity contribution in [2.75, 3.05) is 19.3 Å². The van der Waals surface area contributed by atoms with E-state index in [1.807, 2.05) is 18.2 Å². The Morgan fingerprint density at radius 1 is 1.27 bits per heavy atom. The normalized spacial score (nSPS) is 13.0. The van der Waals surface area contributed by atoms with Crippen LogP contribution in [0.2, 0.25) is 0 Å². The Bertz CT molecular complexity index is 567. The molecule has 0 amide bonds. The molecule has 0 fully saturated rings. The average molecular weight is 324 g/mol. The van der Waals surface area contributed by atoms with Crippen molar-refractivity contribution in [2.24, 2.45) is 0 Å². The summed E-state index contributed by atoms with van der Waals surface area (Å²) in [4.78, 5) is 2.23. The van der Waals surface area contributed by atoms with E-state index in [1.165, 1.54) is 5.56 Å². The van der Waals surface area contributed by atoms with Gasteiger partial charge in [0.15, 0.2) is 0 Å². The number of hydrogen-bond donors (Lipinski definition) is 0. The number of benzene rings is 1. The van der Waals surface area contributed by atoms with Gasteiger partial charge >= 0.3 is 0 Å². The monoisotopic (exact) mass is 324 g/mol. The highest BCUT2D eigenvalue weighted by Crippen LogP contribution is 2.09. The van der Waals surface area contributed by atoms with Gasteiger partial charge in [0.1, 0.15) is 0 Å². The Morgan fingerprint density at radius 2 is 1.95 bits per heavy atom. The number of nitriles is 1. The molecule has 6 heteroatoms. The van der Waals surface area contributed by atoms with Crippen molar-refractivity contribution >= 4 is 10.1 Å². The molecule has 0 saturated carbocycles. The summed E-state index contributed by atoms with van der Waals surface area (Å²) in [5.41, 5.74) is 1.20. The summed E-state index contributed by atoms with van der Waals surface area (Å²) < 4.78 is 27.2. The van der Waals surface area contributed by atoms with Crippen molar-refractivity contribution in [2.45, 2.75) is 38.8 Å². The molecule has 0 radical (unpaired) electrons. The zero-order chi connectivity index (χ0) is 16.4. The van der Waals surface area contributed by atoms with Gasteiger partial charge in [-0.05, 0) is 31.9 Å². The van der Waals surface area contributed by atoms with Crippen LogP contribution in [-0.2, 0) is 20.8 Å². The van der Waals surface area contributed by atoms with Crippen LogP contribution in [0.15, 0.2) is 30.3 Å². The lowest BCUT2D eigenvalue weighted by Gasteiger charge is -2.23. The lowest BCUT2D eigenvalue weighted by molar-refractivity contribution is 0.178. The molecule has 0 aliphatic heterocycles. The SMILES string of the molecule is C[C@@H](CCN(CCCC#N)Cc1ccccc1)OS(C)(=O)=O. The zero-order valence-electron chi connectivity index (χ0n) is 13.2. The summed E-state index contributed by atoms with van der Waals surface area (Å²) in [5.74, 6) is 0. The minimum atomic E-state index is -3.41. The summed E-state index contributed by atoms with van der Waals surface area (Å²) in [6.07, 6.45) is 2.69. The van der Waals surface area contributed by atoms with E-state index >= 15 is 0 Å². The maximum absolute atomic E-state index is 11.1. The highest BCUT2D eigenvalue weighted by molar-refractivity contribution is 7.86. The first-order valence-corrected chi connectivity index (χ1v) is 9.24. The fourth-order valence-corrected chi connectivity index (χ4v) is 2.90. The molecule has 0 N–H and O–H groups in total. The largest absolute Gasteiger partial charge is 0.299 e. The van der Waals surface area contributed by atoms with Crippen molar-refractivity contribution < 1.29 is 12.6 Å². The van der Waals surface area contributed by atoms with E-state index < -0.39 is 10.1 Å². The molecule has 0 saturated heterocycles. The molecule has 122 valence electrons. The highest BCUT2D eigenvalue weighted by atomic mass is 32.2. The first-order valence-electron chi connectivity index (χ1n) is 7.42. The summed E-state index contributed by atoms with van der Waals surface area (Å²) in [5, 5.41) is 8.66. The number of hydrogen-bond acceptors (Lipinski definition) is 5. The Morgan fingerprint density at radius 3 is 2.55 bits per heavy atom. The predicted molar refractivity (Wildman–Crippen MR) is 86.6 cm³/mol. The van der Waals surface area contributed by atoms with Crippen LogP contribution >= 0.6 is 0 Å². The summed E-state index contributed by atoms with van der Waals surface area (Å²) in [6, 6.07) is 12.3. The van der Waals surface area contributed by atoms with Crippen molar-refractivity contribution in [1.82, 2.24) is 4.90 Å². The van der Waals surface area contributed by atoms with E-state index in [0.29, 0.717) is 12.8 Å². The number of unbranched alkanes of at least 4 members (excludes halogenated alkanes) is 1. The topological polar surface area (TPSA) is 70.4 Å². The number of nitrogens with zero attached hydrogens (tertiary/aromatic N) is 2. The Kier molecular flexibility index (Phi) is 8.10. The quantitative estimate of drug-likeness (QED) is 0.488. The second-order valence-corrected chi connectivity index (χ2v) is 7.02. The van der Waals surface area contributed by atoms with E-state index in [1.54, 1.807) is 6.92 Å². The first kappa shape index (κ1) is 18.6. The second-order valence-electron chi connectivity index (χ2n) is 5.42. The van der Waals surface area contributed by atoms with Gasteiger partial charge in [0, 0.05) is 19.5 Å². The van der Waals surface area contributed by atoms with Gasteiger partial charge < -0.3 is 0 Å². The third kappa shape index (κ3) is 8.78. The third-order valence-corrected chi connectivity index (χ3v) is 3.88. The van der Waals surface area contributed by atoms with Gasteiger partial charge in [-0.2, -0.15) is 13.7 Å². The molecule has 0 unspecified atom stereocenters. The van der Waals surface area contributed by atoms with Crippen LogP contribution in [0.25, 0.3) is 0 Å². The molecule has 5 nitrogen and oxygen atoms in total. The van der Waals surface area contributed by atoms with Gasteiger partial charge in [0.25, 0.3) is 10.1 Å². The van der Waals surface area contributed by atoms with E-state index in [2.05, 4.69) is 23.1 Å². The molecule has 1 rings (SSSR count). The Hall–Kier alpha value is -1.42. The second kappa shape index (κ2) is 9.57. The molecule has 1 atom stereocenters. The maximum Gasteiger partial charge on any atom is 0.264 e. The Labute approximate surface area is 133 Å². The molecule has 0 aliphatic carbocycles. The van der Waals surface area contributed by atoms with Crippen LogP contribution in [0.3, 0.4) is 0 Å². The summed E-state index contributed by atoms with van der Waals surface area (Å²) in [6.45, 7) is 4.10. The predicted octanol–water partition coefficient (Wildman–Crippen LogP) is 2.55. The fraction of sp³-hybridized carbons (Fsp3) is 0.562. The van der Waals surface area contributed by atoms with Gasteiger partial charge in [0.05, 0.1) is 18.4 Å². The van der Waals surface area contributed by atoms with Crippen LogP contribution in [-0.4, -0.2) is 38.8 Å². The molecule has 22 heavy (non-hydrogen) atoms. The van der Waals surface area contributed by atoms with Gasteiger partial charge in [-0.1, -0.05) is 30.3 Å². The van der Waals surface area contributed by atoms with E-state index in [0.717, 1.165) is 32.3 Å². The minimum Gasteiger partial charge on any atom is -0.299 e. The van der Waals surface area contributed by atoms with Crippen LogP contribution < -0.4 is 0 Å². The molecule has 1 aromatic rings. The van der Waals surface area contributed by atoms with Gasteiger partial charge in [0.2, 0.25) is 0 Å². The van der Waals surface area contributed by atoms with Gasteiger partial charge in [-0.3, -0.25) is 9.08 Å². The Balaban J connectivity index is 2.52. The molecular formula is C16H24N2O3S. The molecule has 0 aliphatic rings. The minimum absolute atomic E-state index is 0.343. The summed E-state index contributed by atoms with van der Waals surface area (Å²) in [7, 11) is -3.41.